The maximum atomic E-state index is 6.06. The Kier molecular flexibility index (Phi) is 4.47. The number of nitrogens with one attached hydrogen (secondary N) is 1. The van der Waals surface area contributed by atoms with Crippen LogP contribution in [0.3, 0.4) is 0 Å². The molecule has 0 saturated carbocycles. The number of rotatable bonds is 4. The maximum Gasteiger partial charge on any atom is 0.137 e. The first kappa shape index (κ1) is 18.5. The van der Waals surface area contributed by atoms with E-state index in [0.717, 1.165) is 33.3 Å². The molecular weight excluding hydrogens is 390 g/mol. The summed E-state index contributed by atoms with van der Waals surface area (Å²) < 4.78 is 6.06. The molecule has 0 bridgehead atoms. The van der Waals surface area contributed by atoms with Crippen LogP contribution in [0, 0.1) is 0 Å². The lowest BCUT2D eigenvalue weighted by molar-refractivity contribution is 0.669. The van der Waals surface area contributed by atoms with Gasteiger partial charge >= 0.3 is 0 Å². The largest absolute Gasteiger partial charge is 0.456 e. The van der Waals surface area contributed by atoms with Gasteiger partial charge in [0.25, 0.3) is 0 Å². The SMILES string of the molecule is c1ccc(-c2ccc(Nc3ccc4c(c3)oc3ccccc34)cc2-c2ccccc2)cc1. The molecule has 32 heavy (non-hydrogen) atoms. The van der Waals surface area contributed by atoms with Crippen molar-refractivity contribution in [2.24, 2.45) is 0 Å². The summed E-state index contributed by atoms with van der Waals surface area (Å²) in [7, 11) is 0. The highest BCUT2D eigenvalue weighted by Gasteiger charge is 2.10. The van der Waals surface area contributed by atoms with Gasteiger partial charge in [0.05, 0.1) is 0 Å². The number of benzene rings is 5. The van der Waals surface area contributed by atoms with Gasteiger partial charge in [0.2, 0.25) is 0 Å². The van der Waals surface area contributed by atoms with Gasteiger partial charge in [0.1, 0.15) is 11.2 Å². The molecule has 0 aliphatic carbocycles. The molecule has 5 aromatic carbocycles. The zero-order valence-corrected chi connectivity index (χ0v) is 17.5. The van der Waals surface area contributed by atoms with Gasteiger partial charge < -0.3 is 9.73 Å². The minimum absolute atomic E-state index is 0.889. The lowest BCUT2D eigenvalue weighted by atomic mass is 9.94. The molecule has 0 aliphatic heterocycles. The normalized spacial score (nSPS) is 11.1. The first-order valence-corrected chi connectivity index (χ1v) is 10.8. The Bertz CT molecular complexity index is 1530. The lowest BCUT2D eigenvalue weighted by Gasteiger charge is -2.14. The number of anilines is 2. The van der Waals surface area contributed by atoms with Crippen LogP contribution in [0.2, 0.25) is 0 Å². The van der Waals surface area contributed by atoms with Crippen LogP contribution >= 0.6 is 0 Å². The number of fused-ring (bicyclic) bond motifs is 3. The predicted octanol–water partition coefficient (Wildman–Crippen LogP) is 8.66. The topological polar surface area (TPSA) is 25.2 Å². The number of furan rings is 1. The van der Waals surface area contributed by atoms with Crippen molar-refractivity contribution in [3.05, 3.63) is 121 Å². The third kappa shape index (κ3) is 3.32. The van der Waals surface area contributed by atoms with Crippen molar-refractivity contribution in [1.29, 1.82) is 0 Å². The minimum atomic E-state index is 0.889. The summed E-state index contributed by atoms with van der Waals surface area (Å²) in [5.74, 6) is 0. The molecular formula is C30H21NO. The molecule has 0 amide bonds. The molecule has 6 aromatic rings. The summed E-state index contributed by atoms with van der Waals surface area (Å²) in [6.07, 6.45) is 0. The quantitative estimate of drug-likeness (QED) is 0.314. The lowest BCUT2D eigenvalue weighted by Crippen LogP contribution is -1.92. The predicted molar refractivity (Wildman–Crippen MR) is 134 cm³/mol. The molecule has 0 aliphatic rings. The van der Waals surface area contributed by atoms with Crippen LogP contribution in [0.5, 0.6) is 0 Å². The van der Waals surface area contributed by atoms with Crippen molar-refractivity contribution in [2.75, 3.05) is 5.32 Å². The van der Waals surface area contributed by atoms with Crippen LogP contribution in [0.15, 0.2) is 126 Å². The van der Waals surface area contributed by atoms with E-state index in [1.807, 2.05) is 18.2 Å². The van der Waals surface area contributed by atoms with Crippen molar-refractivity contribution < 1.29 is 4.42 Å². The third-order valence-corrected chi connectivity index (χ3v) is 5.86. The van der Waals surface area contributed by atoms with E-state index in [4.69, 9.17) is 4.42 Å². The summed E-state index contributed by atoms with van der Waals surface area (Å²) in [5, 5.41) is 5.85. The van der Waals surface area contributed by atoms with E-state index < -0.39 is 0 Å². The molecule has 0 radical (unpaired) electrons. The van der Waals surface area contributed by atoms with E-state index in [1.54, 1.807) is 0 Å². The van der Waals surface area contributed by atoms with Gasteiger partial charge in [-0.15, -0.1) is 0 Å². The van der Waals surface area contributed by atoms with Crippen LogP contribution in [0.4, 0.5) is 11.4 Å². The van der Waals surface area contributed by atoms with Crippen molar-refractivity contribution >= 4 is 33.3 Å². The van der Waals surface area contributed by atoms with E-state index in [-0.39, 0.29) is 0 Å². The number of hydrogen-bond acceptors (Lipinski definition) is 2. The molecule has 0 spiro atoms. The summed E-state index contributed by atoms with van der Waals surface area (Å²) in [6.45, 7) is 0. The Labute approximate surface area is 186 Å². The molecule has 2 heteroatoms. The highest BCUT2D eigenvalue weighted by atomic mass is 16.3. The van der Waals surface area contributed by atoms with Gasteiger partial charge in [-0.2, -0.15) is 0 Å². The maximum absolute atomic E-state index is 6.06. The smallest absolute Gasteiger partial charge is 0.137 e. The summed E-state index contributed by atoms with van der Waals surface area (Å²) in [4.78, 5) is 0. The van der Waals surface area contributed by atoms with Gasteiger partial charge in [-0.25, -0.2) is 0 Å². The second-order valence-corrected chi connectivity index (χ2v) is 7.93. The average Bonchev–Trinajstić information content (AvgIpc) is 3.23. The number of para-hydroxylation sites is 1. The fourth-order valence-corrected chi connectivity index (χ4v) is 4.32. The van der Waals surface area contributed by atoms with Crippen LogP contribution in [0.1, 0.15) is 0 Å². The Hall–Kier alpha value is -4.30. The second-order valence-electron chi connectivity index (χ2n) is 7.93. The van der Waals surface area contributed by atoms with Gasteiger partial charge in [-0.05, 0) is 52.6 Å². The molecule has 0 unspecified atom stereocenters. The van der Waals surface area contributed by atoms with Crippen molar-refractivity contribution in [1.82, 2.24) is 0 Å². The summed E-state index contributed by atoms with van der Waals surface area (Å²) in [6, 6.07) is 42.1. The minimum Gasteiger partial charge on any atom is -0.456 e. The van der Waals surface area contributed by atoms with Crippen LogP contribution < -0.4 is 5.32 Å². The fourth-order valence-electron chi connectivity index (χ4n) is 4.32. The van der Waals surface area contributed by atoms with Crippen LogP contribution in [-0.2, 0) is 0 Å². The summed E-state index contributed by atoms with van der Waals surface area (Å²) in [5.41, 5.74) is 8.67. The Morgan fingerprint density at radius 3 is 1.81 bits per heavy atom. The zero-order chi connectivity index (χ0) is 21.3. The first-order chi connectivity index (χ1) is 15.8. The molecule has 1 heterocycles. The van der Waals surface area contributed by atoms with Crippen molar-refractivity contribution in [3.8, 4) is 22.3 Å². The van der Waals surface area contributed by atoms with Gasteiger partial charge in [0.15, 0.2) is 0 Å². The van der Waals surface area contributed by atoms with Crippen LogP contribution in [0.25, 0.3) is 44.2 Å². The van der Waals surface area contributed by atoms with Crippen molar-refractivity contribution in [3.63, 3.8) is 0 Å². The fraction of sp³-hybridized carbons (Fsp3) is 0. The molecule has 1 N–H and O–H groups in total. The first-order valence-electron chi connectivity index (χ1n) is 10.8. The Morgan fingerprint density at radius 1 is 0.438 bits per heavy atom. The summed E-state index contributed by atoms with van der Waals surface area (Å²) >= 11 is 0. The molecule has 0 fully saturated rings. The molecule has 0 saturated heterocycles. The molecule has 6 rings (SSSR count). The number of hydrogen-bond donors (Lipinski definition) is 1. The Balaban J connectivity index is 1.42. The van der Waals surface area contributed by atoms with E-state index in [0.29, 0.717) is 0 Å². The molecule has 152 valence electrons. The monoisotopic (exact) mass is 411 g/mol. The molecule has 1 aromatic heterocycles. The highest BCUT2D eigenvalue weighted by Crippen LogP contribution is 2.36. The standard InChI is InChI=1S/C30H21NO/c1-3-9-21(10-4-1)25-17-15-23(19-28(25)22-11-5-2-6-12-22)31-24-16-18-27-26-13-7-8-14-29(26)32-30(27)20-24/h1-20,31H. The van der Waals surface area contributed by atoms with E-state index in [2.05, 4.69) is 108 Å². The highest BCUT2D eigenvalue weighted by molar-refractivity contribution is 6.05. The van der Waals surface area contributed by atoms with Gasteiger partial charge in [-0.1, -0.05) is 84.9 Å². The molecule has 0 atom stereocenters. The second kappa shape index (κ2) is 7.75. The average molecular weight is 412 g/mol. The van der Waals surface area contributed by atoms with Gasteiger partial charge in [-0.3, -0.25) is 0 Å². The van der Waals surface area contributed by atoms with E-state index in [1.165, 1.54) is 22.3 Å². The van der Waals surface area contributed by atoms with Crippen LogP contribution in [-0.4, -0.2) is 0 Å². The molecule has 2 nitrogen and oxygen atoms in total. The Morgan fingerprint density at radius 2 is 1.03 bits per heavy atom. The third-order valence-electron chi connectivity index (χ3n) is 5.86. The van der Waals surface area contributed by atoms with Gasteiger partial charge in [0, 0.05) is 28.2 Å². The van der Waals surface area contributed by atoms with Crippen molar-refractivity contribution in [2.45, 2.75) is 0 Å². The zero-order valence-electron chi connectivity index (χ0n) is 17.5. The van der Waals surface area contributed by atoms with E-state index >= 15 is 0 Å². The van der Waals surface area contributed by atoms with E-state index in [9.17, 15) is 0 Å².